The number of rotatable bonds is 6. The number of thiophene rings is 1. The number of hydrogen-bond donors (Lipinski definition) is 1. The third-order valence-electron chi connectivity index (χ3n) is 3.93. The second-order valence-corrected chi connectivity index (χ2v) is 9.36. The molecule has 1 N–H and O–H groups in total. The highest BCUT2D eigenvalue weighted by atomic mass is 32.1. The average Bonchev–Trinajstić information content (AvgIpc) is 3.41. The van der Waals surface area contributed by atoms with Crippen molar-refractivity contribution in [2.75, 3.05) is 6.54 Å². The van der Waals surface area contributed by atoms with Crippen LogP contribution in [0, 0.1) is 13.8 Å². The van der Waals surface area contributed by atoms with Crippen molar-refractivity contribution in [1.29, 1.82) is 0 Å². The summed E-state index contributed by atoms with van der Waals surface area (Å²) in [5, 5.41) is 6.84. The van der Waals surface area contributed by atoms with Gasteiger partial charge in [-0.25, -0.2) is 9.97 Å². The zero-order chi connectivity index (χ0) is 18.8. The van der Waals surface area contributed by atoms with Gasteiger partial charge in [0, 0.05) is 21.7 Å². The first-order chi connectivity index (χ1) is 13.1. The monoisotopic (exact) mass is 415 g/mol. The lowest BCUT2D eigenvalue weighted by atomic mass is 10.3. The molecule has 0 saturated carbocycles. The Morgan fingerprint density at radius 1 is 1.19 bits per heavy atom. The predicted molar refractivity (Wildman–Crippen MR) is 111 cm³/mol. The normalized spacial score (nSPS) is 11.0. The van der Waals surface area contributed by atoms with Gasteiger partial charge in [-0.2, -0.15) is 0 Å². The fourth-order valence-electron chi connectivity index (χ4n) is 2.62. The fraction of sp³-hybridized carbons (Fsp3) is 0.211. The Morgan fingerprint density at radius 3 is 2.81 bits per heavy atom. The van der Waals surface area contributed by atoms with Crippen LogP contribution >= 0.6 is 34.0 Å². The van der Waals surface area contributed by atoms with E-state index in [-0.39, 0.29) is 5.91 Å². The molecule has 8 heteroatoms. The fourth-order valence-corrected chi connectivity index (χ4v) is 5.16. The number of nitrogens with one attached hydrogen (secondary N) is 1. The summed E-state index contributed by atoms with van der Waals surface area (Å²) in [7, 11) is 0. The van der Waals surface area contributed by atoms with Gasteiger partial charge in [-0.3, -0.25) is 4.79 Å². The van der Waals surface area contributed by atoms with Crippen molar-refractivity contribution in [2.45, 2.75) is 20.3 Å². The maximum atomic E-state index is 12.5. The number of hydrogen-bond acceptors (Lipinski definition) is 7. The van der Waals surface area contributed by atoms with Gasteiger partial charge < -0.3 is 9.73 Å². The molecule has 0 aliphatic heterocycles. The predicted octanol–water partition coefficient (Wildman–Crippen LogP) is 5.18. The molecule has 4 aromatic rings. The summed E-state index contributed by atoms with van der Waals surface area (Å²) in [4.78, 5) is 24.7. The zero-order valence-electron chi connectivity index (χ0n) is 14.8. The Hall–Kier alpha value is -2.29. The summed E-state index contributed by atoms with van der Waals surface area (Å²) < 4.78 is 5.36. The van der Waals surface area contributed by atoms with Gasteiger partial charge in [-0.05, 0) is 44.5 Å². The van der Waals surface area contributed by atoms with E-state index in [4.69, 9.17) is 4.42 Å². The Labute approximate surface area is 168 Å². The minimum atomic E-state index is -0.145. The molecule has 0 unspecified atom stereocenters. The molecule has 0 radical (unpaired) electrons. The van der Waals surface area contributed by atoms with Crippen molar-refractivity contribution < 1.29 is 9.21 Å². The van der Waals surface area contributed by atoms with E-state index in [9.17, 15) is 4.79 Å². The molecule has 0 spiro atoms. The minimum absolute atomic E-state index is 0.145. The van der Waals surface area contributed by atoms with Crippen LogP contribution in [0.3, 0.4) is 0 Å². The van der Waals surface area contributed by atoms with Gasteiger partial charge in [0.25, 0.3) is 5.91 Å². The van der Waals surface area contributed by atoms with E-state index in [0.29, 0.717) is 18.0 Å². The van der Waals surface area contributed by atoms with E-state index in [1.54, 1.807) is 28.9 Å². The molecule has 138 valence electrons. The van der Waals surface area contributed by atoms with E-state index in [0.717, 1.165) is 27.0 Å². The summed E-state index contributed by atoms with van der Waals surface area (Å²) >= 11 is 4.84. The third-order valence-corrected chi connectivity index (χ3v) is 6.86. The van der Waals surface area contributed by atoms with E-state index in [2.05, 4.69) is 32.8 Å². The van der Waals surface area contributed by atoms with Crippen LogP contribution in [0.1, 0.15) is 25.3 Å². The van der Waals surface area contributed by atoms with Crippen LogP contribution < -0.4 is 5.32 Å². The van der Waals surface area contributed by atoms with Gasteiger partial charge >= 0.3 is 0 Å². The number of carbonyl (C=O) groups is 1. The average molecular weight is 416 g/mol. The van der Waals surface area contributed by atoms with Gasteiger partial charge in [0.15, 0.2) is 10.8 Å². The van der Waals surface area contributed by atoms with Gasteiger partial charge in [-0.15, -0.1) is 34.0 Å². The molecule has 5 nitrogen and oxygen atoms in total. The number of amides is 1. The van der Waals surface area contributed by atoms with Crippen LogP contribution in [0.15, 0.2) is 40.3 Å². The first kappa shape index (κ1) is 18.1. The van der Waals surface area contributed by atoms with Crippen LogP contribution in [0.5, 0.6) is 0 Å². The Balaban J connectivity index is 1.36. The van der Waals surface area contributed by atoms with Crippen LogP contribution in [0.2, 0.25) is 0 Å². The van der Waals surface area contributed by atoms with Crippen LogP contribution in [0.25, 0.3) is 21.3 Å². The summed E-state index contributed by atoms with van der Waals surface area (Å²) in [5.74, 6) is 0.541. The van der Waals surface area contributed by atoms with Crippen LogP contribution in [-0.2, 0) is 6.42 Å². The highest BCUT2D eigenvalue weighted by Crippen LogP contribution is 2.29. The van der Waals surface area contributed by atoms with Crippen molar-refractivity contribution in [3.8, 4) is 21.3 Å². The van der Waals surface area contributed by atoms with E-state index >= 15 is 0 Å². The molecule has 4 aromatic heterocycles. The largest absolute Gasteiger partial charge is 0.462 e. The molecular weight excluding hydrogens is 398 g/mol. The molecule has 0 aromatic carbocycles. The quantitative estimate of drug-likeness (QED) is 0.471. The maximum absolute atomic E-state index is 12.5. The molecule has 0 bridgehead atoms. The maximum Gasteiger partial charge on any atom is 0.271 e. The summed E-state index contributed by atoms with van der Waals surface area (Å²) in [6.07, 6.45) is 2.39. The van der Waals surface area contributed by atoms with Crippen molar-refractivity contribution in [2.24, 2.45) is 0 Å². The molecule has 4 heterocycles. The van der Waals surface area contributed by atoms with Crippen molar-refractivity contribution in [3.05, 3.63) is 56.4 Å². The number of nitrogens with zero attached hydrogens (tertiary/aromatic N) is 2. The number of aryl methyl sites for hydroxylation is 2. The Bertz CT molecular complexity index is 1060. The Kier molecular flexibility index (Phi) is 5.20. The first-order valence-electron chi connectivity index (χ1n) is 8.41. The third kappa shape index (κ3) is 4.02. The summed E-state index contributed by atoms with van der Waals surface area (Å²) in [6.45, 7) is 4.48. The molecule has 0 fully saturated rings. The van der Waals surface area contributed by atoms with Crippen LogP contribution in [0.4, 0.5) is 0 Å². The zero-order valence-corrected chi connectivity index (χ0v) is 17.3. The lowest BCUT2D eigenvalue weighted by Crippen LogP contribution is -2.26. The van der Waals surface area contributed by atoms with Gasteiger partial charge in [-0.1, -0.05) is 0 Å². The molecule has 27 heavy (non-hydrogen) atoms. The first-order valence-corrected chi connectivity index (χ1v) is 10.9. The van der Waals surface area contributed by atoms with Gasteiger partial charge in [0.1, 0.15) is 5.69 Å². The molecule has 0 saturated heterocycles. The molecule has 0 atom stereocenters. The molecular formula is C19H17N3O2S3. The lowest BCUT2D eigenvalue weighted by Gasteiger charge is -2.02. The molecule has 1 amide bonds. The number of thiazole rings is 2. The van der Waals surface area contributed by atoms with E-state index in [1.165, 1.54) is 21.1 Å². The van der Waals surface area contributed by atoms with E-state index < -0.39 is 0 Å². The second-order valence-electron chi connectivity index (χ2n) is 5.92. The van der Waals surface area contributed by atoms with Crippen molar-refractivity contribution in [1.82, 2.24) is 15.3 Å². The van der Waals surface area contributed by atoms with Crippen molar-refractivity contribution in [3.63, 3.8) is 0 Å². The number of carbonyl (C=O) groups excluding carboxylic acids is 1. The molecule has 4 rings (SSSR count). The second kappa shape index (κ2) is 7.75. The van der Waals surface area contributed by atoms with Gasteiger partial charge in [0.05, 0.1) is 21.8 Å². The standard InChI is InChI=1S/C19H17N3O2S3/c1-11-17(22-19(26-11)15-4-3-9-24-15)18(23)20-8-7-13-5-6-16(27-13)14-10-25-12(2)21-14/h3-6,9-10H,7-8H2,1-2H3,(H,20,23). The SMILES string of the molecule is Cc1nc(-c2ccc(CCNC(=O)c3nc(-c4ccco4)sc3C)s2)cs1. The van der Waals surface area contributed by atoms with E-state index in [1.807, 2.05) is 26.0 Å². The minimum Gasteiger partial charge on any atom is -0.462 e. The number of aromatic nitrogens is 2. The van der Waals surface area contributed by atoms with Crippen LogP contribution in [-0.4, -0.2) is 22.4 Å². The Morgan fingerprint density at radius 2 is 2.07 bits per heavy atom. The summed E-state index contributed by atoms with van der Waals surface area (Å²) in [5.41, 5.74) is 1.50. The van der Waals surface area contributed by atoms with Crippen molar-refractivity contribution >= 4 is 39.9 Å². The van der Waals surface area contributed by atoms with Gasteiger partial charge in [0.2, 0.25) is 0 Å². The lowest BCUT2D eigenvalue weighted by molar-refractivity contribution is 0.0949. The highest BCUT2D eigenvalue weighted by Gasteiger charge is 2.17. The molecule has 0 aliphatic rings. The smallest absolute Gasteiger partial charge is 0.271 e. The topological polar surface area (TPSA) is 68.0 Å². The highest BCUT2D eigenvalue weighted by molar-refractivity contribution is 7.16. The summed E-state index contributed by atoms with van der Waals surface area (Å²) in [6, 6.07) is 7.85. The number of furan rings is 1. The molecule has 0 aliphatic carbocycles.